The normalized spacial score (nSPS) is 17.0. The van der Waals surface area contributed by atoms with E-state index in [4.69, 9.17) is 4.74 Å². The highest BCUT2D eigenvalue weighted by Gasteiger charge is 2.33. The van der Waals surface area contributed by atoms with Crippen molar-refractivity contribution in [2.75, 3.05) is 25.0 Å². The zero-order chi connectivity index (χ0) is 26.6. The van der Waals surface area contributed by atoms with E-state index in [0.717, 1.165) is 67.6 Å². The van der Waals surface area contributed by atoms with E-state index in [1.165, 1.54) is 11.3 Å². The summed E-state index contributed by atoms with van der Waals surface area (Å²) in [4.78, 5) is 40.9. The monoisotopic (exact) mass is 525 g/mol. The maximum absolute atomic E-state index is 13.7. The van der Waals surface area contributed by atoms with Gasteiger partial charge in [0.15, 0.2) is 5.78 Å². The number of nitrogens with one attached hydrogen (secondary N) is 3. The molecule has 1 aliphatic heterocycles. The molecule has 0 radical (unpaired) electrons. The van der Waals surface area contributed by atoms with E-state index in [9.17, 15) is 14.4 Å². The van der Waals surface area contributed by atoms with Gasteiger partial charge in [-0.25, -0.2) is 9.59 Å². The zero-order valence-corrected chi connectivity index (χ0v) is 23.2. The van der Waals surface area contributed by atoms with Crippen molar-refractivity contribution in [2.45, 2.75) is 77.7 Å². The minimum Gasteiger partial charge on any atom is -0.462 e. The molecule has 2 heterocycles. The average molecular weight is 526 g/mol. The number of amides is 2. The van der Waals surface area contributed by atoms with Gasteiger partial charge in [0, 0.05) is 10.4 Å². The summed E-state index contributed by atoms with van der Waals surface area (Å²) in [6.07, 6.45) is 5.40. The van der Waals surface area contributed by atoms with Crippen LogP contribution in [0.5, 0.6) is 0 Å². The Morgan fingerprint density at radius 1 is 1.08 bits per heavy atom. The van der Waals surface area contributed by atoms with Gasteiger partial charge in [-0.15, -0.1) is 11.3 Å². The number of urea groups is 1. The number of carbonyl (C=O) groups excluding carboxylic acids is 3. The van der Waals surface area contributed by atoms with Crippen molar-refractivity contribution in [3.63, 3.8) is 0 Å². The molecule has 0 bridgehead atoms. The lowest BCUT2D eigenvalue weighted by Gasteiger charge is -2.30. The van der Waals surface area contributed by atoms with Crippen LogP contribution in [0.4, 0.5) is 9.80 Å². The Morgan fingerprint density at radius 3 is 2.41 bits per heavy atom. The van der Waals surface area contributed by atoms with Crippen LogP contribution in [0.3, 0.4) is 0 Å². The lowest BCUT2D eigenvalue weighted by molar-refractivity contribution is 0.0526. The second-order valence-corrected chi connectivity index (χ2v) is 12.1. The Labute approximate surface area is 223 Å². The predicted octanol–water partition coefficient (Wildman–Crippen LogP) is 5.47. The van der Waals surface area contributed by atoms with Crippen molar-refractivity contribution in [1.82, 2.24) is 10.6 Å². The van der Waals surface area contributed by atoms with Crippen molar-refractivity contribution >= 4 is 34.1 Å². The molecule has 1 aromatic carbocycles. The van der Waals surface area contributed by atoms with E-state index in [1.54, 1.807) is 6.92 Å². The second-order valence-electron chi connectivity index (χ2n) is 11.0. The maximum atomic E-state index is 13.7. The fraction of sp³-hybridized carbons (Fsp3) is 0.552. The van der Waals surface area contributed by atoms with E-state index < -0.39 is 18.0 Å². The number of ketones is 1. The number of benzene rings is 1. The molecule has 1 atom stereocenters. The summed E-state index contributed by atoms with van der Waals surface area (Å²) in [7, 11) is 0. The van der Waals surface area contributed by atoms with Crippen LogP contribution in [0, 0.1) is 5.92 Å². The number of fused-ring (bicyclic) bond motifs is 1. The first-order valence-electron chi connectivity index (χ1n) is 13.4. The number of hydrogen-bond acceptors (Lipinski definition) is 6. The Hall–Kier alpha value is -2.71. The SMILES string of the molecule is CCOC(=O)c1c(NC(=O)NC(C(=O)c2ccc(C(C)(C)C)cc2)C2CCNCC2)sc2c1CCCC2. The molecule has 1 fully saturated rings. The number of Topliss-reactive ketones (excluding diaryl/α,β-unsaturated/α-hetero) is 1. The smallest absolute Gasteiger partial charge is 0.341 e. The maximum Gasteiger partial charge on any atom is 0.341 e. The van der Waals surface area contributed by atoms with Gasteiger partial charge in [0.05, 0.1) is 18.2 Å². The minimum atomic E-state index is -0.650. The van der Waals surface area contributed by atoms with E-state index in [-0.39, 0.29) is 23.7 Å². The number of ether oxygens (including phenoxy) is 1. The molecule has 2 aliphatic rings. The molecule has 8 heteroatoms. The van der Waals surface area contributed by atoms with Gasteiger partial charge >= 0.3 is 12.0 Å². The van der Waals surface area contributed by atoms with Gasteiger partial charge in [-0.3, -0.25) is 10.1 Å². The first-order valence-corrected chi connectivity index (χ1v) is 14.2. The average Bonchev–Trinajstić information content (AvgIpc) is 3.25. The Bertz CT molecular complexity index is 1130. The van der Waals surface area contributed by atoms with Crippen LogP contribution < -0.4 is 16.0 Å². The fourth-order valence-electron chi connectivity index (χ4n) is 5.24. The molecule has 2 amide bonds. The molecular formula is C29H39N3O4S. The van der Waals surface area contributed by atoms with Crippen LogP contribution in [-0.4, -0.2) is 43.5 Å². The summed E-state index contributed by atoms with van der Waals surface area (Å²) >= 11 is 1.45. The first-order chi connectivity index (χ1) is 17.7. The number of piperidine rings is 1. The molecule has 1 unspecified atom stereocenters. The van der Waals surface area contributed by atoms with Gasteiger partial charge in [0.2, 0.25) is 0 Å². The van der Waals surface area contributed by atoms with E-state index in [2.05, 4.69) is 36.7 Å². The predicted molar refractivity (Wildman–Crippen MR) is 148 cm³/mol. The topological polar surface area (TPSA) is 96.5 Å². The highest BCUT2D eigenvalue weighted by molar-refractivity contribution is 7.17. The summed E-state index contributed by atoms with van der Waals surface area (Å²) < 4.78 is 5.32. The quantitative estimate of drug-likeness (QED) is 0.329. The number of anilines is 1. The molecule has 7 nitrogen and oxygen atoms in total. The van der Waals surface area contributed by atoms with Crippen molar-refractivity contribution in [3.8, 4) is 0 Å². The van der Waals surface area contributed by atoms with Gasteiger partial charge < -0.3 is 15.4 Å². The number of carbonyl (C=O) groups is 3. The van der Waals surface area contributed by atoms with Gasteiger partial charge in [-0.05, 0) is 81.0 Å². The van der Waals surface area contributed by atoms with Gasteiger partial charge in [0.1, 0.15) is 5.00 Å². The fourth-order valence-corrected chi connectivity index (χ4v) is 6.52. The van der Waals surface area contributed by atoms with Gasteiger partial charge in [-0.1, -0.05) is 45.0 Å². The summed E-state index contributed by atoms with van der Waals surface area (Å²) in [5, 5.41) is 9.74. The lowest BCUT2D eigenvalue weighted by atomic mass is 9.83. The van der Waals surface area contributed by atoms with Crippen molar-refractivity contribution < 1.29 is 19.1 Å². The number of hydrogen-bond donors (Lipinski definition) is 3. The van der Waals surface area contributed by atoms with Crippen LogP contribution >= 0.6 is 11.3 Å². The molecule has 37 heavy (non-hydrogen) atoms. The van der Waals surface area contributed by atoms with Gasteiger partial charge in [-0.2, -0.15) is 0 Å². The highest BCUT2D eigenvalue weighted by Crippen LogP contribution is 2.38. The summed E-state index contributed by atoms with van der Waals surface area (Å²) in [6.45, 7) is 10.1. The van der Waals surface area contributed by atoms with Crippen LogP contribution in [0.25, 0.3) is 0 Å². The molecule has 0 spiro atoms. The minimum absolute atomic E-state index is 0.00927. The van der Waals surface area contributed by atoms with E-state index >= 15 is 0 Å². The van der Waals surface area contributed by atoms with Gasteiger partial charge in [0.25, 0.3) is 0 Å². The molecule has 3 N–H and O–H groups in total. The summed E-state index contributed by atoms with van der Waals surface area (Å²) in [5.41, 5.74) is 3.20. The summed E-state index contributed by atoms with van der Waals surface area (Å²) in [5.74, 6) is -0.455. The molecule has 1 aromatic heterocycles. The number of rotatable bonds is 7. The van der Waals surface area contributed by atoms with Crippen LogP contribution in [0.1, 0.15) is 90.1 Å². The zero-order valence-electron chi connectivity index (χ0n) is 22.4. The molecular weight excluding hydrogens is 486 g/mol. The molecule has 1 aliphatic carbocycles. The third-order valence-electron chi connectivity index (χ3n) is 7.34. The van der Waals surface area contributed by atoms with Crippen LogP contribution in [-0.2, 0) is 23.0 Å². The van der Waals surface area contributed by atoms with Crippen molar-refractivity contribution in [1.29, 1.82) is 0 Å². The van der Waals surface area contributed by atoms with E-state index in [0.29, 0.717) is 16.1 Å². The summed E-state index contributed by atoms with van der Waals surface area (Å²) in [6, 6.07) is 6.60. The van der Waals surface area contributed by atoms with E-state index in [1.807, 2.05) is 24.3 Å². The van der Waals surface area contributed by atoms with Crippen LogP contribution in [0.15, 0.2) is 24.3 Å². The Morgan fingerprint density at radius 2 is 1.76 bits per heavy atom. The molecule has 4 rings (SSSR count). The Balaban J connectivity index is 1.56. The number of aryl methyl sites for hydroxylation is 1. The lowest BCUT2D eigenvalue weighted by Crippen LogP contribution is -2.50. The second kappa shape index (κ2) is 11.8. The molecule has 200 valence electrons. The molecule has 0 saturated carbocycles. The number of esters is 1. The third kappa shape index (κ3) is 6.41. The third-order valence-corrected chi connectivity index (χ3v) is 8.54. The largest absolute Gasteiger partial charge is 0.462 e. The number of thiophene rings is 1. The van der Waals surface area contributed by atoms with Crippen molar-refractivity contribution in [2.24, 2.45) is 5.92 Å². The molecule has 1 saturated heterocycles. The molecule has 2 aromatic rings. The highest BCUT2D eigenvalue weighted by atomic mass is 32.1. The standard InChI is InChI=1S/C29H39N3O4S/c1-5-36-27(34)23-21-8-6-7-9-22(21)37-26(23)32-28(35)31-24(18-14-16-30-17-15-18)25(33)19-10-12-20(13-11-19)29(2,3)4/h10-13,18,24,30H,5-9,14-17H2,1-4H3,(H2,31,32,35). The van der Waals surface area contributed by atoms with Crippen LogP contribution in [0.2, 0.25) is 0 Å². The first kappa shape index (κ1) is 27.3. The Kier molecular flexibility index (Phi) is 8.70. The van der Waals surface area contributed by atoms with Crippen molar-refractivity contribution in [3.05, 3.63) is 51.4 Å².